The Labute approximate surface area is 280 Å². The van der Waals surface area contributed by atoms with Gasteiger partial charge in [-0.15, -0.1) is 0 Å². The third-order valence-electron chi connectivity index (χ3n) is 9.76. The standard InChI is InChI=1S/C41H64N2O3/c1-38(2,3)30-22-28(36(45)32(24-30)39(4,5)6)26-42-34-18-14-15-19-35(34)43-27-29-23-31(25-33(37(29)46)40(7,8)9)41(10,11)20-16-12-13-17-21-44/h22-27,34-35,44-46H,12-21H2,1-11H3/t34-,35-/m1/s1. The van der Waals surface area contributed by atoms with Gasteiger partial charge in [0, 0.05) is 41.3 Å². The number of hydrogen-bond acceptors (Lipinski definition) is 5. The van der Waals surface area contributed by atoms with Gasteiger partial charge in [-0.3, -0.25) is 9.98 Å². The molecule has 5 heteroatoms. The van der Waals surface area contributed by atoms with Gasteiger partial charge in [0.25, 0.3) is 0 Å². The van der Waals surface area contributed by atoms with Crippen LogP contribution >= 0.6 is 0 Å². The lowest BCUT2D eigenvalue weighted by Crippen LogP contribution is -2.27. The Morgan fingerprint density at radius 1 is 0.609 bits per heavy atom. The predicted molar refractivity (Wildman–Crippen MR) is 197 cm³/mol. The van der Waals surface area contributed by atoms with E-state index in [1.54, 1.807) is 0 Å². The third-order valence-corrected chi connectivity index (χ3v) is 9.76. The number of phenols is 2. The van der Waals surface area contributed by atoms with Crippen molar-refractivity contribution < 1.29 is 15.3 Å². The van der Waals surface area contributed by atoms with E-state index in [9.17, 15) is 10.2 Å². The number of nitrogens with zero attached hydrogens (tertiary/aromatic N) is 2. The van der Waals surface area contributed by atoms with Crippen molar-refractivity contribution in [1.82, 2.24) is 0 Å². The number of unbranched alkanes of at least 4 members (excludes halogenated alkanes) is 3. The number of aliphatic imine (C=N–C) groups is 2. The Morgan fingerprint density at radius 2 is 1.04 bits per heavy atom. The topological polar surface area (TPSA) is 85.4 Å². The molecule has 256 valence electrons. The van der Waals surface area contributed by atoms with Gasteiger partial charge in [0.05, 0.1) is 12.1 Å². The molecule has 0 amide bonds. The molecule has 2 aromatic rings. The molecule has 1 saturated carbocycles. The minimum absolute atomic E-state index is 0.0145. The van der Waals surface area contributed by atoms with Crippen LogP contribution in [0.25, 0.3) is 0 Å². The summed E-state index contributed by atoms with van der Waals surface area (Å²) in [7, 11) is 0. The summed E-state index contributed by atoms with van der Waals surface area (Å²) in [6.45, 7) is 24.3. The Kier molecular flexibility index (Phi) is 12.4. The monoisotopic (exact) mass is 632 g/mol. The summed E-state index contributed by atoms with van der Waals surface area (Å²) in [5.74, 6) is 0.626. The predicted octanol–water partition coefficient (Wildman–Crippen LogP) is 10.1. The molecular weight excluding hydrogens is 568 g/mol. The summed E-state index contributed by atoms with van der Waals surface area (Å²) in [6, 6.07) is 8.58. The van der Waals surface area contributed by atoms with Crippen LogP contribution in [0.2, 0.25) is 0 Å². The number of phenolic OH excluding ortho intramolecular Hbond substituents is 2. The molecule has 3 rings (SSSR count). The van der Waals surface area contributed by atoms with E-state index in [-0.39, 0.29) is 40.4 Å². The summed E-state index contributed by atoms with van der Waals surface area (Å²) >= 11 is 0. The molecule has 1 aliphatic rings. The quantitative estimate of drug-likeness (QED) is 0.170. The third kappa shape index (κ3) is 9.92. The summed E-state index contributed by atoms with van der Waals surface area (Å²) in [5.41, 5.74) is 5.33. The average Bonchev–Trinajstić information content (AvgIpc) is 2.94. The summed E-state index contributed by atoms with van der Waals surface area (Å²) < 4.78 is 0. The van der Waals surface area contributed by atoms with E-state index in [0.29, 0.717) is 11.5 Å². The zero-order valence-electron chi connectivity index (χ0n) is 30.9. The van der Waals surface area contributed by atoms with Crippen molar-refractivity contribution in [2.45, 2.75) is 168 Å². The van der Waals surface area contributed by atoms with Crippen molar-refractivity contribution in [1.29, 1.82) is 0 Å². The molecule has 46 heavy (non-hydrogen) atoms. The molecule has 0 bridgehead atoms. The highest BCUT2D eigenvalue weighted by Gasteiger charge is 2.29. The van der Waals surface area contributed by atoms with Crippen LogP contribution in [0.1, 0.15) is 167 Å². The number of benzene rings is 2. The molecule has 2 atom stereocenters. The zero-order chi connectivity index (χ0) is 34.5. The lowest BCUT2D eigenvalue weighted by Gasteiger charge is -2.30. The molecule has 0 aliphatic heterocycles. The molecule has 0 aromatic heterocycles. The highest BCUT2D eigenvalue weighted by atomic mass is 16.3. The van der Waals surface area contributed by atoms with Crippen LogP contribution in [0.15, 0.2) is 34.3 Å². The van der Waals surface area contributed by atoms with Crippen molar-refractivity contribution in [2.75, 3.05) is 6.61 Å². The first-order chi connectivity index (χ1) is 21.3. The molecule has 2 aromatic carbocycles. The molecule has 0 radical (unpaired) electrons. The highest BCUT2D eigenvalue weighted by Crippen LogP contribution is 2.40. The van der Waals surface area contributed by atoms with Crippen LogP contribution in [0.3, 0.4) is 0 Å². The van der Waals surface area contributed by atoms with Gasteiger partial charge in [-0.2, -0.15) is 0 Å². The van der Waals surface area contributed by atoms with Crippen molar-refractivity contribution >= 4 is 12.4 Å². The smallest absolute Gasteiger partial charge is 0.128 e. The summed E-state index contributed by atoms with van der Waals surface area (Å²) in [6.07, 6.45) is 13.1. The maximum absolute atomic E-state index is 11.5. The Bertz CT molecular complexity index is 1370. The lowest BCUT2D eigenvalue weighted by atomic mass is 9.75. The normalized spacial score (nSPS) is 18.6. The van der Waals surface area contributed by atoms with Crippen molar-refractivity contribution in [3.05, 3.63) is 57.6 Å². The van der Waals surface area contributed by atoms with Gasteiger partial charge in [0.1, 0.15) is 11.5 Å². The Balaban J connectivity index is 1.96. The van der Waals surface area contributed by atoms with Crippen molar-refractivity contribution in [3.63, 3.8) is 0 Å². The van der Waals surface area contributed by atoms with E-state index >= 15 is 0 Å². The fraction of sp³-hybridized carbons (Fsp3) is 0.659. The maximum atomic E-state index is 11.5. The number of rotatable bonds is 11. The first kappa shape index (κ1) is 37.8. The van der Waals surface area contributed by atoms with Crippen LogP contribution in [0.5, 0.6) is 11.5 Å². The molecule has 0 unspecified atom stereocenters. The van der Waals surface area contributed by atoms with E-state index in [0.717, 1.165) is 80.0 Å². The number of aliphatic hydroxyl groups excluding tert-OH is 1. The van der Waals surface area contributed by atoms with Gasteiger partial charge in [0.15, 0.2) is 0 Å². The molecule has 3 N–H and O–H groups in total. The molecule has 1 fully saturated rings. The maximum Gasteiger partial charge on any atom is 0.128 e. The Hall–Kier alpha value is -2.66. The lowest BCUT2D eigenvalue weighted by molar-refractivity contribution is 0.281. The zero-order valence-corrected chi connectivity index (χ0v) is 30.9. The van der Waals surface area contributed by atoms with Gasteiger partial charge in [-0.1, -0.05) is 120 Å². The number of aromatic hydroxyl groups is 2. The molecule has 1 aliphatic carbocycles. The van der Waals surface area contributed by atoms with E-state index in [1.165, 1.54) is 11.1 Å². The fourth-order valence-corrected chi connectivity index (χ4v) is 6.45. The van der Waals surface area contributed by atoms with Gasteiger partial charge in [-0.05, 0) is 70.6 Å². The van der Waals surface area contributed by atoms with Gasteiger partial charge in [-0.25, -0.2) is 0 Å². The van der Waals surface area contributed by atoms with Crippen LogP contribution < -0.4 is 0 Å². The van der Waals surface area contributed by atoms with E-state index in [4.69, 9.17) is 15.1 Å². The number of aliphatic hydroxyl groups is 1. The number of hydrogen-bond donors (Lipinski definition) is 3. The minimum Gasteiger partial charge on any atom is -0.507 e. The molecule has 0 spiro atoms. The first-order valence-electron chi connectivity index (χ1n) is 17.7. The van der Waals surface area contributed by atoms with Crippen molar-refractivity contribution in [2.24, 2.45) is 9.98 Å². The molecular formula is C41H64N2O3. The average molecular weight is 633 g/mol. The van der Waals surface area contributed by atoms with E-state index in [2.05, 4.69) is 100 Å². The summed E-state index contributed by atoms with van der Waals surface area (Å²) in [5, 5.41) is 31.9. The van der Waals surface area contributed by atoms with Crippen LogP contribution in [0.4, 0.5) is 0 Å². The highest BCUT2D eigenvalue weighted by molar-refractivity contribution is 5.86. The molecule has 5 nitrogen and oxygen atoms in total. The van der Waals surface area contributed by atoms with E-state index < -0.39 is 0 Å². The van der Waals surface area contributed by atoms with Crippen LogP contribution in [-0.4, -0.2) is 46.4 Å². The van der Waals surface area contributed by atoms with E-state index in [1.807, 2.05) is 12.4 Å². The van der Waals surface area contributed by atoms with Crippen LogP contribution in [0, 0.1) is 0 Å². The van der Waals surface area contributed by atoms with Gasteiger partial charge in [0.2, 0.25) is 0 Å². The van der Waals surface area contributed by atoms with Crippen molar-refractivity contribution in [3.8, 4) is 11.5 Å². The Morgan fingerprint density at radius 3 is 1.48 bits per heavy atom. The molecule has 0 saturated heterocycles. The fourth-order valence-electron chi connectivity index (χ4n) is 6.45. The van der Waals surface area contributed by atoms with Gasteiger partial charge < -0.3 is 15.3 Å². The second-order valence-corrected chi connectivity index (χ2v) is 17.4. The molecule has 0 heterocycles. The SMILES string of the molecule is CC(C)(C)c1cc(C=N[C@@H]2CCCC[C@H]2N=Cc2cc(C(C)(C)CCCCCCO)cc(C(C)(C)C)c2O)c(O)c(C(C)(C)C)c1. The first-order valence-corrected chi connectivity index (χ1v) is 17.7. The second-order valence-electron chi connectivity index (χ2n) is 17.4. The van der Waals surface area contributed by atoms with Crippen LogP contribution in [-0.2, 0) is 21.7 Å². The second kappa shape index (κ2) is 15.0. The summed E-state index contributed by atoms with van der Waals surface area (Å²) in [4.78, 5) is 10.2. The van der Waals surface area contributed by atoms with Gasteiger partial charge >= 0.3 is 0 Å². The largest absolute Gasteiger partial charge is 0.507 e. The minimum atomic E-state index is -0.215.